The average Bonchev–Trinajstić information content (AvgIpc) is 2.36. The standard InChI is InChI=1S/C20H30O/c1-13(2)15-12-16-14(11-17(15)21)7-8-18-19(3,4)9-6-10-20(16,18)5/h11-13,18,21H,6-10H2,1-5H3. The molecule has 0 saturated heterocycles. The molecule has 1 heteroatoms. The lowest BCUT2D eigenvalue weighted by atomic mass is 9.50. The van der Waals surface area contributed by atoms with Crippen LogP contribution in [0.15, 0.2) is 12.1 Å². The Morgan fingerprint density at radius 2 is 1.86 bits per heavy atom. The van der Waals surface area contributed by atoms with Crippen LogP contribution in [0.4, 0.5) is 0 Å². The van der Waals surface area contributed by atoms with Gasteiger partial charge in [-0.25, -0.2) is 0 Å². The first-order chi connectivity index (χ1) is 9.75. The van der Waals surface area contributed by atoms with Gasteiger partial charge in [0.15, 0.2) is 0 Å². The highest BCUT2D eigenvalue weighted by atomic mass is 16.3. The fourth-order valence-electron chi connectivity index (χ4n) is 5.30. The van der Waals surface area contributed by atoms with Crippen molar-refractivity contribution in [2.45, 2.75) is 78.1 Å². The fraction of sp³-hybridized carbons (Fsp3) is 0.700. The monoisotopic (exact) mass is 286 g/mol. The lowest BCUT2D eigenvalue weighted by Gasteiger charge is -2.54. The van der Waals surface area contributed by atoms with E-state index >= 15 is 0 Å². The molecule has 21 heavy (non-hydrogen) atoms. The van der Waals surface area contributed by atoms with Crippen molar-refractivity contribution in [2.75, 3.05) is 0 Å². The third-order valence-electron chi connectivity index (χ3n) is 6.42. The molecule has 1 aromatic rings. The zero-order valence-corrected chi connectivity index (χ0v) is 14.3. The number of aromatic hydroxyl groups is 1. The minimum Gasteiger partial charge on any atom is -0.508 e. The summed E-state index contributed by atoms with van der Waals surface area (Å²) in [6, 6.07) is 4.40. The van der Waals surface area contributed by atoms with Crippen molar-refractivity contribution in [2.24, 2.45) is 11.3 Å². The topological polar surface area (TPSA) is 20.2 Å². The summed E-state index contributed by atoms with van der Waals surface area (Å²) < 4.78 is 0. The number of hydrogen-bond acceptors (Lipinski definition) is 1. The van der Waals surface area contributed by atoms with E-state index in [1.807, 2.05) is 0 Å². The molecule has 2 aliphatic rings. The molecule has 0 amide bonds. The Balaban J connectivity index is 2.14. The first-order valence-electron chi connectivity index (χ1n) is 8.62. The number of rotatable bonds is 1. The Kier molecular flexibility index (Phi) is 3.39. The number of benzene rings is 1. The summed E-state index contributed by atoms with van der Waals surface area (Å²) in [4.78, 5) is 0. The lowest BCUT2D eigenvalue weighted by Crippen LogP contribution is -2.47. The quantitative estimate of drug-likeness (QED) is 0.718. The number of aryl methyl sites for hydroxylation is 1. The van der Waals surface area contributed by atoms with Gasteiger partial charge in [0.2, 0.25) is 0 Å². The zero-order valence-electron chi connectivity index (χ0n) is 14.3. The minimum atomic E-state index is 0.298. The van der Waals surface area contributed by atoms with Crippen molar-refractivity contribution in [1.82, 2.24) is 0 Å². The molecule has 0 aromatic heterocycles. The molecule has 0 bridgehead atoms. The molecule has 2 atom stereocenters. The summed E-state index contributed by atoms with van der Waals surface area (Å²) in [5, 5.41) is 10.3. The van der Waals surface area contributed by atoms with E-state index in [0.717, 1.165) is 17.9 Å². The van der Waals surface area contributed by atoms with Gasteiger partial charge in [0.25, 0.3) is 0 Å². The van der Waals surface area contributed by atoms with Crippen LogP contribution < -0.4 is 0 Å². The molecule has 1 saturated carbocycles. The van der Waals surface area contributed by atoms with Crippen LogP contribution in [0.1, 0.15) is 82.9 Å². The maximum atomic E-state index is 10.3. The Morgan fingerprint density at radius 3 is 2.52 bits per heavy atom. The van der Waals surface area contributed by atoms with E-state index in [4.69, 9.17) is 0 Å². The SMILES string of the molecule is CC(C)c1cc2c(cc1O)CCC1C(C)(C)CCCC21C. The molecule has 0 heterocycles. The molecule has 3 rings (SSSR count). The molecule has 1 aromatic carbocycles. The van der Waals surface area contributed by atoms with Crippen LogP contribution in [0.2, 0.25) is 0 Å². The first kappa shape index (κ1) is 14.9. The van der Waals surface area contributed by atoms with E-state index in [1.54, 1.807) is 0 Å². The maximum Gasteiger partial charge on any atom is 0.119 e. The van der Waals surface area contributed by atoms with Crippen LogP contribution in [0.3, 0.4) is 0 Å². The van der Waals surface area contributed by atoms with E-state index in [1.165, 1.54) is 36.8 Å². The van der Waals surface area contributed by atoms with E-state index in [0.29, 0.717) is 22.5 Å². The smallest absolute Gasteiger partial charge is 0.119 e. The Labute approximate surface area is 129 Å². The highest BCUT2D eigenvalue weighted by Gasteiger charge is 2.49. The highest BCUT2D eigenvalue weighted by Crippen LogP contribution is 2.57. The first-order valence-corrected chi connectivity index (χ1v) is 8.62. The lowest BCUT2D eigenvalue weighted by molar-refractivity contribution is 0.0406. The molecular formula is C20H30O. The average molecular weight is 286 g/mol. The predicted octanol–water partition coefficient (Wildman–Crippen LogP) is 5.55. The van der Waals surface area contributed by atoms with Crippen molar-refractivity contribution in [3.63, 3.8) is 0 Å². The van der Waals surface area contributed by atoms with Crippen molar-refractivity contribution in [3.8, 4) is 5.75 Å². The van der Waals surface area contributed by atoms with Crippen molar-refractivity contribution < 1.29 is 5.11 Å². The molecule has 0 spiro atoms. The number of phenolic OH excluding ortho intramolecular Hbond substituents is 1. The zero-order chi connectivity index (χ0) is 15.4. The minimum absolute atomic E-state index is 0.298. The van der Waals surface area contributed by atoms with Crippen LogP contribution in [0, 0.1) is 11.3 Å². The maximum absolute atomic E-state index is 10.3. The van der Waals surface area contributed by atoms with Gasteiger partial charge in [-0.2, -0.15) is 0 Å². The Bertz CT molecular complexity index is 555. The molecule has 2 aliphatic carbocycles. The van der Waals surface area contributed by atoms with Crippen LogP contribution in [0.25, 0.3) is 0 Å². The summed E-state index contributed by atoms with van der Waals surface area (Å²) in [7, 11) is 0. The summed E-state index contributed by atoms with van der Waals surface area (Å²) >= 11 is 0. The van der Waals surface area contributed by atoms with Gasteiger partial charge in [-0.15, -0.1) is 0 Å². The van der Waals surface area contributed by atoms with E-state index in [2.05, 4.69) is 46.8 Å². The molecule has 0 radical (unpaired) electrons. The van der Waals surface area contributed by atoms with Gasteiger partial charge in [0.05, 0.1) is 0 Å². The second-order valence-electron chi connectivity index (χ2n) is 8.57. The molecule has 1 fully saturated rings. The molecule has 1 N–H and O–H groups in total. The van der Waals surface area contributed by atoms with Gasteiger partial charge in [-0.3, -0.25) is 0 Å². The van der Waals surface area contributed by atoms with Crippen LogP contribution >= 0.6 is 0 Å². The highest BCUT2D eigenvalue weighted by molar-refractivity contribution is 5.48. The summed E-state index contributed by atoms with van der Waals surface area (Å²) in [5.41, 5.74) is 4.80. The largest absolute Gasteiger partial charge is 0.508 e. The van der Waals surface area contributed by atoms with Crippen molar-refractivity contribution >= 4 is 0 Å². The Hall–Kier alpha value is -0.980. The van der Waals surface area contributed by atoms with Crippen molar-refractivity contribution in [3.05, 3.63) is 28.8 Å². The Morgan fingerprint density at radius 1 is 1.14 bits per heavy atom. The van der Waals surface area contributed by atoms with Gasteiger partial charge in [0, 0.05) is 0 Å². The van der Waals surface area contributed by atoms with E-state index in [9.17, 15) is 5.11 Å². The second kappa shape index (κ2) is 4.76. The number of hydrogen-bond donors (Lipinski definition) is 1. The molecule has 1 nitrogen and oxygen atoms in total. The molecular weight excluding hydrogens is 256 g/mol. The summed E-state index contributed by atoms with van der Waals surface area (Å²) in [6.45, 7) is 11.8. The molecule has 2 unspecified atom stereocenters. The van der Waals surface area contributed by atoms with Gasteiger partial charge in [0.1, 0.15) is 5.75 Å². The van der Waals surface area contributed by atoms with Crippen LogP contribution in [0.5, 0.6) is 5.75 Å². The third kappa shape index (κ3) is 2.20. The number of fused-ring (bicyclic) bond motifs is 3. The van der Waals surface area contributed by atoms with Crippen LogP contribution in [-0.4, -0.2) is 5.11 Å². The predicted molar refractivity (Wildman–Crippen MR) is 89.0 cm³/mol. The van der Waals surface area contributed by atoms with Crippen LogP contribution in [-0.2, 0) is 11.8 Å². The van der Waals surface area contributed by atoms with Gasteiger partial charge in [-0.1, -0.05) is 47.1 Å². The number of phenols is 1. The van der Waals surface area contributed by atoms with Gasteiger partial charge < -0.3 is 5.11 Å². The molecule has 0 aliphatic heterocycles. The summed E-state index contributed by atoms with van der Waals surface area (Å²) in [6.07, 6.45) is 6.40. The third-order valence-corrected chi connectivity index (χ3v) is 6.42. The van der Waals surface area contributed by atoms with Gasteiger partial charge >= 0.3 is 0 Å². The van der Waals surface area contributed by atoms with E-state index < -0.39 is 0 Å². The second-order valence-corrected chi connectivity index (χ2v) is 8.57. The fourth-order valence-corrected chi connectivity index (χ4v) is 5.30. The molecule has 116 valence electrons. The van der Waals surface area contributed by atoms with Gasteiger partial charge in [-0.05, 0) is 71.1 Å². The van der Waals surface area contributed by atoms with E-state index in [-0.39, 0.29) is 0 Å². The summed E-state index contributed by atoms with van der Waals surface area (Å²) in [5.74, 6) is 1.66. The van der Waals surface area contributed by atoms with Crippen molar-refractivity contribution in [1.29, 1.82) is 0 Å². The normalized spacial score (nSPS) is 30.9.